The molecule has 0 unspecified atom stereocenters. The van der Waals surface area contributed by atoms with Gasteiger partial charge in [0.1, 0.15) is 16.9 Å². The zero-order valence-corrected chi connectivity index (χ0v) is 17.6. The number of thioether (sulfide) groups is 1. The second-order valence-electron chi connectivity index (χ2n) is 6.61. The van der Waals surface area contributed by atoms with E-state index in [-0.39, 0.29) is 11.5 Å². The summed E-state index contributed by atoms with van der Waals surface area (Å²) in [5.41, 5.74) is 1.28. The van der Waals surface area contributed by atoms with E-state index in [1.807, 2.05) is 50.2 Å². The molecular weight excluding hydrogens is 396 g/mol. The fraction of sp³-hybridized carbons (Fsp3) is 0.409. The number of hydrogen-bond donors (Lipinski definition) is 0. The van der Waals surface area contributed by atoms with Gasteiger partial charge in [-0.2, -0.15) is 0 Å². The van der Waals surface area contributed by atoms with Crippen molar-refractivity contribution in [1.29, 1.82) is 0 Å². The number of carbonyl (C=O) groups is 1. The standard InChI is InChI=1S/C22H25ClO4S/c1-3-28-22-18(23)20(27-21(24)17-12-8-5-9-13-17)19(15(2)26-22)25-14-16-10-6-4-7-11-16/h4-13,15,18-20,22H,3,14H2,1-2H3/t15-,18+,19-,20-,22-/m0/s1. The van der Waals surface area contributed by atoms with Gasteiger partial charge in [-0.3, -0.25) is 0 Å². The van der Waals surface area contributed by atoms with Crippen LogP contribution in [0.15, 0.2) is 60.7 Å². The van der Waals surface area contributed by atoms with Crippen LogP contribution in [0.2, 0.25) is 0 Å². The lowest BCUT2D eigenvalue weighted by atomic mass is 10.0. The van der Waals surface area contributed by atoms with Crippen LogP contribution in [0, 0.1) is 0 Å². The van der Waals surface area contributed by atoms with Crippen molar-refractivity contribution in [1.82, 2.24) is 0 Å². The van der Waals surface area contributed by atoms with Crippen molar-refractivity contribution in [2.75, 3.05) is 5.75 Å². The monoisotopic (exact) mass is 420 g/mol. The Morgan fingerprint density at radius 3 is 2.36 bits per heavy atom. The van der Waals surface area contributed by atoms with Crippen LogP contribution in [0.5, 0.6) is 0 Å². The van der Waals surface area contributed by atoms with Gasteiger partial charge in [0.15, 0.2) is 6.10 Å². The molecule has 2 aromatic carbocycles. The molecular formula is C22H25ClO4S. The van der Waals surface area contributed by atoms with Crippen LogP contribution in [0.1, 0.15) is 29.8 Å². The molecule has 1 saturated heterocycles. The van der Waals surface area contributed by atoms with E-state index < -0.39 is 23.6 Å². The zero-order chi connectivity index (χ0) is 19.9. The molecule has 0 spiro atoms. The number of benzene rings is 2. The highest BCUT2D eigenvalue weighted by atomic mass is 35.5. The first-order valence-electron chi connectivity index (χ1n) is 9.43. The lowest BCUT2D eigenvalue weighted by Crippen LogP contribution is -2.56. The molecule has 150 valence electrons. The number of carbonyl (C=O) groups excluding carboxylic acids is 1. The molecule has 3 rings (SSSR count). The fourth-order valence-electron chi connectivity index (χ4n) is 3.16. The molecule has 28 heavy (non-hydrogen) atoms. The van der Waals surface area contributed by atoms with E-state index in [9.17, 15) is 4.79 Å². The summed E-state index contributed by atoms with van der Waals surface area (Å²) in [4.78, 5) is 12.7. The topological polar surface area (TPSA) is 44.8 Å². The Kier molecular flexibility index (Phi) is 7.80. The third-order valence-electron chi connectivity index (χ3n) is 4.58. The SMILES string of the molecule is CCS[C@@H]1O[C@@H](C)[C@H](OCc2ccccc2)[C@@H](OC(=O)c2ccccc2)[C@H]1Cl. The molecule has 0 aromatic heterocycles. The third-order valence-corrected chi connectivity index (χ3v) is 6.27. The van der Waals surface area contributed by atoms with Crippen molar-refractivity contribution in [2.45, 2.75) is 49.6 Å². The first-order chi connectivity index (χ1) is 13.6. The Morgan fingerprint density at radius 2 is 1.71 bits per heavy atom. The Balaban J connectivity index is 1.76. The van der Waals surface area contributed by atoms with Gasteiger partial charge in [-0.25, -0.2) is 4.79 Å². The predicted molar refractivity (Wildman–Crippen MR) is 113 cm³/mol. The van der Waals surface area contributed by atoms with E-state index >= 15 is 0 Å². The van der Waals surface area contributed by atoms with Crippen molar-refractivity contribution < 1.29 is 19.0 Å². The normalized spacial score (nSPS) is 27.3. The van der Waals surface area contributed by atoms with Gasteiger partial charge in [0.2, 0.25) is 0 Å². The Bertz CT molecular complexity index is 743. The van der Waals surface area contributed by atoms with E-state index in [4.69, 9.17) is 25.8 Å². The maximum atomic E-state index is 12.7. The van der Waals surface area contributed by atoms with Crippen LogP contribution in [-0.2, 0) is 20.8 Å². The Morgan fingerprint density at radius 1 is 1.07 bits per heavy atom. The number of rotatable bonds is 7. The van der Waals surface area contributed by atoms with Gasteiger partial charge >= 0.3 is 5.97 Å². The van der Waals surface area contributed by atoms with Crippen LogP contribution in [-0.4, -0.2) is 40.8 Å². The summed E-state index contributed by atoms with van der Waals surface area (Å²) in [7, 11) is 0. The van der Waals surface area contributed by atoms with Crippen LogP contribution in [0.3, 0.4) is 0 Å². The maximum absolute atomic E-state index is 12.7. The maximum Gasteiger partial charge on any atom is 0.338 e. The number of esters is 1. The lowest BCUT2D eigenvalue weighted by Gasteiger charge is -2.42. The highest BCUT2D eigenvalue weighted by Crippen LogP contribution is 2.35. The highest BCUT2D eigenvalue weighted by Gasteiger charge is 2.46. The minimum Gasteiger partial charge on any atom is -0.454 e. The average molecular weight is 421 g/mol. The smallest absolute Gasteiger partial charge is 0.338 e. The lowest BCUT2D eigenvalue weighted by molar-refractivity contribution is -0.165. The van der Waals surface area contributed by atoms with E-state index in [0.717, 1.165) is 11.3 Å². The number of hydrogen-bond acceptors (Lipinski definition) is 5. The van der Waals surface area contributed by atoms with E-state index in [2.05, 4.69) is 0 Å². The molecule has 1 fully saturated rings. The fourth-order valence-corrected chi connectivity index (χ4v) is 4.55. The minimum absolute atomic E-state index is 0.253. The second kappa shape index (κ2) is 10.3. The molecule has 1 heterocycles. The molecule has 0 aliphatic carbocycles. The summed E-state index contributed by atoms with van der Waals surface area (Å²) in [5.74, 6) is 0.453. The average Bonchev–Trinajstić information content (AvgIpc) is 2.72. The molecule has 1 aliphatic rings. The largest absolute Gasteiger partial charge is 0.454 e. The van der Waals surface area contributed by atoms with Crippen molar-refractivity contribution in [3.63, 3.8) is 0 Å². The van der Waals surface area contributed by atoms with Gasteiger partial charge in [-0.05, 0) is 30.4 Å². The van der Waals surface area contributed by atoms with Crippen LogP contribution in [0.25, 0.3) is 0 Å². The van der Waals surface area contributed by atoms with Crippen LogP contribution >= 0.6 is 23.4 Å². The summed E-state index contributed by atoms with van der Waals surface area (Å²) in [6, 6.07) is 18.8. The zero-order valence-electron chi connectivity index (χ0n) is 16.0. The molecule has 2 aromatic rings. The van der Waals surface area contributed by atoms with Crippen molar-refractivity contribution in [3.8, 4) is 0 Å². The van der Waals surface area contributed by atoms with Gasteiger partial charge in [0.25, 0.3) is 0 Å². The summed E-state index contributed by atoms with van der Waals surface area (Å²) in [5, 5.41) is -0.505. The van der Waals surface area contributed by atoms with E-state index in [0.29, 0.717) is 12.2 Å². The summed E-state index contributed by atoms with van der Waals surface area (Å²) >= 11 is 8.30. The number of halogens is 1. The molecule has 0 saturated carbocycles. The highest BCUT2D eigenvalue weighted by molar-refractivity contribution is 7.99. The second-order valence-corrected chi connectivity index (χ2v) is 8.49. The van der Waals surface area contributed by atoms with Crippen LogP contribution < -0.4 is 0 Å². The van der Waals surface area contributed by atoms with Gasteiger partial charge in [0, 0.05) is 0 Å². The Hall–Kier alpha value is -1.53. The number of ether oxygens (including phenoxy) is 3. The molecule has 5 atom stereocenters. The van der Waals surface area contributed by atoms with Crippen molar-refractivity contribution >= 4 is 29.3 Å². The molecule has 0 bridgehead atoms. The summed E-state index contributed by atoms with van der Waals surface area (Å²) < 4.78 is 18.1. The first kappa shape index (κ1) is 21.2. The van der Waals surface area contributed by atoms with Gasteiger partial charge in [-0.1, -0.05) is 55.5 Å². The van der Waals surface area contributed by atoms with Crippen LogP contribution in [0.4, 0.5) is 0 Å². The van der Waals surface area contributed by atoms with E-state index in [1.54, 1.807) is 36.0 Å². The predicted octanol–water partition coefficient (Wildman–Crippen LogP) is 4.90. The van der Waals surface area contributed by atoms with Gasteiger partial charge in [-0.15, -0.1) is 23.4 Å². The van der Waals surface area contributed by atoms with E-state index in [1.165, 1.54) is 0 Å². The summed E-state index contributed by atoms with van der Waals surface area (Å²) in [6.45, 7) is 4.38. The first-order valence-corrected chi connectivity index (χ1v) is 10.9. The molecule has 0 amide bonds. The van der Waals surface area contributed by atoms with Crippen molar-refractivity contribution in [3.05, 3.63) is 71.8 Å². The quantitative estimate of drug-likeness (QED) is 0.470. The Labute approximate surface area is 175 Å². The summed E-state index contributed by atoms with van der Waals surface area (Å²) in [6.07, 6.45) is -1.31. The van der Waals surface area contributed by atoms with Gasteiger partial charge in [0.05, 0.1) is 18.3 Å². The minimum atomic E-state index is -0.606. The molecule has 6 heteroatoms. The third kappa shape index (κ3) is 5.29. The molecule has 0 N–H and O–H groups in total. The molecule has 4 nitrogen and oxygen atoms in total. The molecule has 1 aliphatic heterocycles. The van der Waals surface area contributed by atoms with Gasteiger partial charge < -0.3 is 14.2 Å². The van der Waals surface area contributed by atoms with Crippen molar-refractivity contribution in [2.24, 2.45) is 0 Å². The molecule has 0 radical (unpaired) electrons. The number of alkyl halides is 1.